The summed E-state index contributed by atoms with van der Waals surface area (Å²) < 4.78 is 15.9. The van der Waals surface area contributed by atoms with Crippen molar-refractivity contribution in [3.05, 3.63) is 59.7 Å². The predicted octanol–water partition coefficient (Wildman–Crippen LogP) is 3.99. The summed E-state index contributed by atoms with van der Waals surface area (Å²) in [4.78, 5) is 24.2. The second-order valence-corrected chi connectivity index (χ2v) is 6.11. The second kappa shape index (κ2) is 10.2. The van der Waals surface area contributed by atoms with Gasteiger partial charge >= 0.3 is 5.97 Å². The first-order valence-corrected chi connectivity index (χ1v) is 9.00. The molecule has 2 rings (SSSR count). The zero-order chi connectivity index (χ0) is 20.5. The fraction of sp³-hybridized carbons (Fsp3) is 0.273. The third-order valence-electron chi connectivity index (χ3n) is 3.88. The molecule has 0 unspecified atom stereocenters. The van der Waals surface area contributed by atoms with Crippen molar-refractivity contribution in [1.29, 1.82) is 0 Å². The van der Waals surface area contributed by atoms with Gasteiger partial charge in [-0.2, -0.15) is 0 Å². The monoisotopic (exact) mass is 383 g/mol. The summed E-state index contributed by atoms with van der Waals surface area (Å²) in [5.74, 6) is 0.196. The third-order valence-corrected chi connectivity index (χ3v) is 3.88. The predicted molar refractivity (Wildman–Crippen MR) is 109 cm³/mol. The van der Waals surface area contributed by atoms with Crippen molar-refractivity contribution < 1.29 is 23.8 Å². The number of carbonyl (C=O) groups is 2. The van der Waals surface area contributed by atoms with Crippen molar-refractivity contribution in [3.8, 4) is 11.5 Å². The Hall–Kier alpha value is -3.28. The zero-order valence-corrected chi connectivity index (χ0v) is 16.5. The number of rotatable bonds is 8. The molecule has 0 saturated heterocycles. The molecule has 0 aliphatic carbocycles. The summed E-state index contributed by atoms with van der Waals surface area (Å²) in [6.07, 6.45) is 1.93. The van der Waals surface area contributed by atoms with E-state index < -0.39 is 18.0 Å². The quantitative estimate of drug-likeness (QED) is 0.551. The maximum atomic E-state index is 12.1. The summed E-state index contributed by atoms with van der Waals surface area (Å²) in [7, 11) is 1.55. The fourth-order valence-corrected chi connectivity index (χ4v) is 2.37. The van der Waals surface area contributed by atoms with Gasteiger partial charge in [0, 0.05) is 11.8 Å². The van der Waals surface area contributed by atoms with Gasteiger partial charge in [-0.1, -0.05) is 23.8 Å². The van der Waals surface area contributed by atoms with E-state index >= 15 is 0 Å². The lowest BCUT2D eigenvalue weighted by molar-refractivity contribution is -0.148. The molecule has 6 heteroatoms. The Labute approximate surface area is 165 Å². The molecule has 6 nitrogen and oxygen atoms in total. The van der Waals surface area contributed by atoms with Crippen LogP contribution in [0, 0.1) is 6.92 Å². The first-order valence-electron chi connectivity index (χ1n) is 9.00. The van der Waals surface area contributed by atoms with E-state index in [4.69, 9.17) is 14.2 Å². The molecule has 2 aromatic carbocycles. The number of hydrogen-bond acceptors (Lipinski definition) is 5. The van der Waals surface area contributed by atoms with Crippen molar-refractivity contribution in [2.75, 3.05) is 19.0 Å². The number of anilines is 1. The lowest BCUT2D eigenvalue weighted by Gasteiger charge is -2.12. The van der Waals surface area contributed by atoms with Crippen molar-refractivity contribution in [2.24, 2.45) is 0 Å². The summed E-state index contributed by atoms with van der Waals surface area (Å²) in [6.45, 7) is 5.90. The van der Waals surface area contributed by atoms with E-state index in [-0.39, 0.29) is 0 Å². The normalized spacial score (nSPS) is 11.7. The second-order valence-electron chi connectivity index (χ2n) is 6.11. The fourth-order valence-electron chi connectivity index (χ4n) is 2.37. The number of benzene rings is 2. The summed E-state index contributed by atoms with van der Waals surface area (Å²) in [5.41, 5.74) is 2.48. The Morgan fingerprint density at radius 1 is 1.11 bits per heavy atom. The number of methoxy groups -OCH3 is 1. The van der Waals surface area contributed by atoms with Crippen LogP contribution in [-0.2, 0) is 14.3 Å². The van der Waals surface area contributed by atoms with Gasteiger partial charge in [0.2, 0.25) is 0 Å². The highest BCUT2D eigenvalue weighted by atomic mass is 16.5. The molecule has 148 valence electrons. The molecule has 0 spiro atoms. The molecular formula is C22H25NO5. The van der Waals surface area contributed by atoms with Crippen LogP contribution in [0.2, 0.25) is 0 Å². The smallest absolute Gasteiger partial charge is 0.331 e. The number of hydrogen-bond donors (Lipinski definition) is 1. The standard InChI is InChI=1S/C22H25NO5/c1-5-27-19-12-8-17(14-20(19)26-4)9-13-21(24)28-16(3)22(25)23-18-10-6-15(2)7-11-18/h6-14,16H,5H2,1-4H3,(H,23,25)/b13-9+/t16-/m0/s1. The Morgan fingerprint density at radius 3 is 2.46 bits per heavy atom. The third kappa shape index (κ3) is 6.16. The molecule has 0 aliphatic rings. The summed E-state index contributed by atoms with van der Waals surface area (Å²) in [6, 6.07) is 12.7. The molecule has 1 atom stereocenters. The Bertz CT molecular complexity index is 843. The van der Waals surface area contributed by atoms with Gasteiger partial charge in [-0.05, 0) is 56.7 Å². The largest absolute Gasteiger partial charge is 0.493 e. The number of carbonyl (C=O) groups excluding carboxylic acids is 2. The molecule has 28 heavy (non-hydrogen) atoms. The number of esters is 1. The number of amides is 1. The van der Waals surface area contributed by atoms with Gasteiger partial charge in [-0.3, -0.25) is 4.79 Å². The molecule has 2 aromatic rings. The van der Waals surface area contributed by atoms with Gasteiger partial charge in [0.25, 0.3) is 5.91 Å². The van der Waals surface area contributed by atoms with Crippen LogP contribution in [0.25, 0.3) is 6.08 Å². The molecule has 0 fully saturated rings. The lowest BCUT2D eigenvalue weighted by Crippen LogP contribution is -2.29. The minimum Gasteiger partial charge on any atom is -0.493 e. The highest BCUT2D eigenvalue weighted by molar-refractivity contribution is 5.96. The van der Waals surface area contributed by atoms with Crippen LogP contribution >= 0.6 is 0 Å². The van der Waals surface area contributed by atoms with E-state index in [1.807, 2.05) is 26.0 Å². The van der Waals surface area contributed by atoms with Crippen LogP contribution in [0.3, 0.4) is 0 Å². The zero-order valence-electron chi connectivity index (χ0n) is 16.5. The van der Waals surface area contributed by atoms with Crippen LogP contribution in [-0.4, -0.2) is 31.7 Å². The molecule has 0 aromatic heterocycles. The SMILES string of the molecule is CCOc1ccc(/C=C/C(=O)O[C@@H](C)C(=O)Nc2ccc(C)cc2)cc1OC. The highest BCUT2D eigenvalue weighted by Crippen LogP contribution is 2.28. The van der Waals surface area contributed by atoms with Crippen LogP contribution in [0.1, 0.15) is 25.0 Å². The molecule has 0 bridgehead atoms. The minimum atomic E-state index is -0.923. The molecule has 1 amide bonds. The van der Waals surface area contributed by atoms with E-state index in [9.17, 15) is 9.59 Å². The number of nitrogens with one attached hydrogen (secondary N) is 1. The molecule has 1 N–H and O–H groups in total. The van der Waals surface area contributed by atoms with Gasteiger partial charge in [0.05, 0.1) is 13.7 Å². The average Bonchev–Trinajstić information content (AvgIpc) is 2.69. The molecule has 0 radical (unpaired) electrons. The highest BCUT2D eigenvalue weighted by Gasteiger charge is 2.16. The van der Waals surface area contributed by atoms with Crippen molar-refractivity contribution in [3.63, 3.8) is 0 Å². The van der Waals surface area contributed by atoms with Crippen LogP contribution in [0.15, 0.2) is 48.5 Å². The van der Waals surface area contributed by atoms with E-state index in [1.54, 1.807) is 43.5 Å². The first-order chi connectivity index (χ1) is 13.4. The van der Waals surface area contributed by atoms with Gasteiger partial charge < -0.3 is 19.5 Å². The summed E-state index contributed by atoms with van der Waals surface area (Å²) >= 11 is 0. The molecule has 0 saturated carbocycles. The molecule has 0 aliphatic heterocycles. The van der Waals surface area contributed by atoms with Crippen LogP contribution < -0.4 is 14.8 Å². The van der Waals surface area contributed by atoms with Gasteiger partial charge in [-0.25, -0.2) is 4.79 Å². The Morgan fingerprint density at radius 2 is 1.82 bits per heavy atom. The molecular weight excluding hydrogens is 358 g/mol. The number of aryl methyl sites for hydroxylation is 1. The van der Waals surface area contributed by atoms with Crippen LogP contribution in [0.4, 0.5) is 5.69 Å². The van der Waals surface area contributed by atoms with Crippen molar-refractivity contribution in [1.82, 2.24) is 0 Å². The van der Waals surface area contributed by atoms with E-state index in [1.165, 1.54) is 13.0 Å². The van der Waals surface area contributed by atoms with E-state index in [2.05, 4.69) is 5.32 Å². The van der Waals surface area contributed by atoms with E-state index in [0.29, 0.717) is 23.8 Å². The Kier molecular flexibility index (Phi) is 7.63. The molecule has 0 heterocycles. The van der Waals surface area contributed by atoms with Crippen molar-refractivity contribution in [2.45, 2.75) is 26.9 Å². The van der Waals surface area contributed by atoms with E-state index in [0.717, 1.165) is 11.1 Å². The van der Waals surface area contributed by atoms with Gasteiger partial charge in [0.15, 0.2) is 17.6 Å². The van der Waals surface area contributed by atoms with Crippen molar-refractivity contribution >= 4 is 23.6 Å². The summed E-state index contributed by atoms with van der Waals surface area (Å²) in [5, 5.41) is 2.71. The first kappa shape index (κ1) is 21.0. The average molecular weight is 383 g/mol. The minimum absolute atomic E-state index is 0.395. The van der Waals surface area contributed by atoms with Crippen LogP contribution in [0.5, 0.6) is 11.5 Å². The number of ether oxygens (including phenoxy) is 3. The maximum absolute atomic E-state index is 12.1. The van der Waals surface area contributed by atoms with Gasteiger partial charge in [-0.15, -0.1) is 0 Å². The maximum Gasteiger partial charge on any atom is 0.331 e. The Balaban J connectivity index is 1.93. The lowest BCUT2D eigenvalue weighted by atomic mass is 10.2. The van der Waals surface area contributed by atoms with Gasteiger partial charge in [0.1, 0.15) is 0 Å². The topological polar surface area (TPSA) is 73.9 Å².